The molecule has 1 atom stereocenters. The summed E-state index contributed by atoms with van der Waals surface area (Å²) in [5.41, 5.74) is 0. The van der Waals surface area contributed by atoms with Crippen molar-refractivity contribution in [2.45, 2.75) is 13.0 Å². The van der Waals surface area contributed by atoms with Gasteiger partial charge in [-0.3, -0.25) is 0 Å². The number of carboxylic acid groups (broad SMARTS) is 1. The number of carbonyl (C=O) groups is 1. The summed E-state index contributed by atoms with van der Waals surface area (Å²) in [6.45, 7) is 1.86. The standard InChI is InChI=1S/C11H11BrCl2O4/c1-2-17-10(11(15)16)5-18-9-4-7(13)6(12)3-8(9)14/h3-4,10H,2,5H2,1H3,(H,15,16). The Morgan fingerprint density at radius 2 is 2.11 bits per heavy atom. The molecule has 100 valence electrons. The molecule has 0 aliphatic heterocycles. The third-order valence-corrected chi connectivity index (χ3v) is 3.50. The second kappa shape index (κ2) is 7.19. The highest BCUT2D eigenvalue weighted by molar-refractivity contribution is 9.10. The Morgan fingerprint density at radius 3 is 2.67 bits per heavy atom. The van der Waals surface area contributed by atoms with Crippen molar-refractivity contribution in [2.24, 2.45) is 0 Å². The number of ether oxygens (including phenoxy) is 2. The number of carboxylic acids is 1. The number of halogens is 3. The molecule has 0 amide bonds. The predicted molar refractivity (Wildman–Crippen MR) is 72.7 cm³/mol. The highest BCUT2D eigenvalue weighted by Crippen LogP contribution is 2.34. The van der Waals surface area contributed by atoms with Crippen LogP contribution in [0.25, 0.3) is 0 Å². The molecule has 0 radical (unpaired) electrons. The molecule has 4 nitrogen and oxygen atoms in total. The highest BCUT2D eigenvalue weighted by Gasteiger charge is 2.19. The molecule has 1 unspecified atom stereocenters. The maximum absolute atomic E-state index is 10.8. The van der Waals surface area contributed by atoms with Crippen LogP contribution in [0.2, 0.25) is 10.0 Å². The Hall–Kier alpha value is -0.490. The fraction of sp³-hybridized carbons (Fsp3) is 0.364. The van der Waals surface area contributed by atoms with Gasteiger partial charge in [0.05, 0.1) is 10.0 Å². The number of benzene rings is 1. The molecule has 0 saturated carbocycles. The normalized spacial score (nSPS) is 12.2. The lowest BCUT2D eigenvalue weighted by Gasteiger charge is -2.14. The van der Waals surface area contributed by atoms with Crippen molar-refractivity contribution in [3.8, 4) is 5.75 Å². The molecule has 0 aliphatic carbocycles. The van der Waals surface area contributed by atoms with E-state index in [0.717, 1.165) is 0 Å². The summed E-state index contributed by atoms with van der Waals surface area (Å²) in [6, 6.07) is 3.09. The van der Waals surface area contributed by atoms with Gasteiger partial charge in [-0.05, 0) is 28.9 Å². The van der Waals surface area contributed by atoms with Gasteiger partial charge >= 0.3 is 5.97 Å². The van der Waals surface area contributed by atoms with Gasteiger partial charge in [-0.15, -0.1) is 0 Å². The molecule has 18 heavy (non-hydrogen) atoms. The van der Waals surface area contributed by atoms with Gasteiger partial charge in [-0.2, -0.15) is 0 Å². The van der Waals surface area contributed by atoms with Crippen molar-refractivity contribution in [1.29, 1.82) is 0 Å². The summed E-state index contributed by atoms with van der Waals surface area (Å²) in [7, 11) is 0. The third kappa shape index (κ3) is 4.31. The first-order valence-electron chi connectivity index (χ1n) is 5.07. The molecule has 0 spiro atoms. The highest BCUT2D eigenvalue weighted by atomic mass is 79.9. The molecule has 0 heterocycles. The lowest BCUT2D eigenvalue weighted by Crippen LogP contribution is -2.30. The van der Waals surface area contributed by atoms with Crippen LogP contribution in [0, 0.1) is 0 Å². The van der Waals surface area contributed by atoms with Crippen molar-refractivity contribution in [2.75, 3.05) is 13.2 Å². The molecule has 0 aromatic heterocycles. The average Bonchev–Trinajstić information content (AvgIpc) is 2.30. The summed E-state index contributed by atoms with van der Waals surface area (Å²) in [4.78, 5) is 10.8. The first-order chi connectivity index (χ1) is 8.45. The number of hydrogen-bond acceptors (Lipinski definition) is 3. The smallest absolute Gasteiger partial charge is 0.336 e. The average molecular weight is 358 g/mol. The van der Waals surface area contributed by atoms with Crippen LogP contribution in [-0.2, 0) is 9.53 Å². The Labute approximate surface area is 123 Å². The molecule has 1 aromatic rings. The summed E-state index contributed by atoms with van der Waals surface area (Å²) >= 11 is 15.0. The van der Waals surface area contributed by atoms with Crippen LogP contribution in [0.5, 0.6) is 5.75 Å². The summed E-state index contributed by atoms with van der Waals surface area (Å²) in [6.07, 6.45) is -1.03. The van der Waals surface area contributed by atoms with E-state index in [1.165, 1.54) is 6.07 Å². The van der Waals surface area contributed by atoms with Gasteiger partial charge in [0.2, 0.25) is 0 Å². The fourth-order valence-electron chi connectivity index (χ4n) is 1.17. The van der Waals surface area contributed by atoms with E-state index in [9.17, 15) is 4.79 Å². The van der Waals surface area contributed by atoms with E-state index >= 15 is 0 Å². The molecule has 0 aliphatic rings. The number of hydrogen-bond donors (Lipinski definition) is 1. The van der Waals surface area contributed by atoms with Gasteiger partial charge in [0.15, 0.2) is 6.10 Å². The van der Waals surface area contributed by atoms with E-state index in [1.807, 2.05) is 0 Å². The zero-order chi connectivity index (χ0) is 13.7. The zero-order valence-corrected chi connectivity index (χ0v) is 12.5. The van der Waals surface area contributed by atoms with Gasteiger partial charge in [0, 0.05) is 17.1 Å². The Kier molecular flexibility index (Phi) is 6.21. The summed E-state index contributed by atoms with van der Waals surface area (Å²) in [5, 5.41) is 9.65. The summed E-state index contributed by atoms with van der Waals surface area (Å²) < 4.78 is 11.0. The van der Waals surface area contributed by atoms with Crippen LogP contribution in [0.15, 0.2) is 16.6 Å². The molecule has 0 bridgehead atoms. The van der Waals surface area contributed by atoms with E-state index in [1.54, 1.807) is 13.0 Å². The van der Waals surface area contributed by atoms with Gasteiger partial charge < -0.3 is 14.6 Å². The van der Waals surface area contributed by atoms with Crippen LogP contribution in [0.4, 0.5) is 0 Å². The van der Waals surface area contributed by atoms with E-state index < -0.39 is 12.1 Å². The molecule has 0 fully saturated rings. The van der Waals surface area contributed by atoms with Gasteiger partial charge in [0.25, 0.3) is 0 Å². The minimum Gasteiger partial charge on any atom is -0.489 e. The topological polar surface area (TPSA) is 55.8 Å². The summed E-state index contributed by atoms with van der Waals surface area (Å²) in [5.74, 6) is -0.771. The molecular formula is C11H11BrCl2O4. The Balaban J connectivity index is 2.73. The predicted octanol–water partition coefficient (Wildman–Crippen LogP) is 3.62. The lowest BCUT2D eigenvalue weighted by molar-refractivity contribution is -0.152. The number of rotatable bonds is 6. The van der Waals surface area contributed by atoms with Crippen molar-refractivity contribution in [3.63, 3.8) is 0 Å². The molecule has 1 rings (SSSR count). The second-order valence-electron chi connectivity index (χ2n) is 3.29. The molecule has 1 N–H and O–H groups in total. The van der Waals surface area contributed by atoms with Crippen LogP contribution in [-0.4, -0.2) is 30.4 Å². The van der Waals surface area contributed by atoms with Gasteiger partial charge in [-0.25, -0.2) is 4.79 Å². The van der Waals surface area contributed by atoms with Crippen molar-refractivity contribution in [1.82, 2.24) is 0 Å². The van der Waals surface area contributed by atoms with Crippen LogP contribution >= 0.6 is 39.1 Å². The van der Waals surface area contributed by atoms with E-state index in [4.69, 9.17) is 37.8 Å². The minimum absolute atomic E-state index is 0.138. The Bertz CT molecular complexity index is 439. The number of aliphatic carboxylic acids is 1. The van der Waals surface area contributed by atoms with Crippen molar-refractivity contribution in [3.05, 3.63) is 26.7 Å². The lowest BCUT2D eigenvalue weighted by atomic mass is 10.3. The minimum atomic E-state index is -1.09. The van der Waals surface area contributed by atoms with E-state index in [2.05, 4.69) is 15.9 Å². The van der Waals surface area contributed by atoms with E-state index in [-0.39, 0.29) is 13.2 Å². The maximum atomic E-state index is 10.8. The van der Waals surface area contributed by atoms with Crippen molar-refractivity contribution < 1.29 is 19.4 Å². The monoisotopic (exact) mass is 356 g/mol. The van der Waals surface area contributed by atoms with Crippen LogP contribution < -0.4 is 4.74 Å². The largest absolute Gasteiger partial charge is 0.489 e. The van der Waals surface area contributed by atoms with Gasteiger partial charge in [-0.1, -0.05) is 23.2 Å². The quantitative estimate of drug-likeness (QED) is 0.790. The Morgan fingerprint density at radius 1 is 1.44 bits per heavy atom. The zero-order valence-electron chi connectivity index (χ0n) is 9.45. The SMILES string of the molecule is CCOC(COc1cc(Cl)c(Br)cc1Cl)C(=O)O. The third-order valence-electron chi connectivity index (χ3n) is 2.01. The molecule has 1 aromatic carbocycles. The second-order valence-corrected chi connectivity index (χ2v) is 4.96. The van der Waals surface area contributed by atoms with Crippen LogP contribution in [0.3, 0.4) is 0 Å². The fourth-order valence-corrected chi connectivity index (χ4v) is 2.02. The first kappa shape index (κ1) is 15.6. The maximum Gasteiger partial charge on any atom is 0.336 e. The molecule has 0 saturated heterocycles. The van der Waals surface area contributed by atoms with Gasteiger partial charge in [0.1, 0.15) is 12.4 Å². The van der Waals surface area contributed by atoms with E-state index in [0.29, 0.717) is 20.3 Å². The van der Waals surface area contributed by atoms with Crippen LogP contribution in [0.1, 0.15) is 6.92 Å². The molecular weight excluding hydrogens is 347 g/mol. The van der Waals surface area contributed by atoms with Crippen molar-refractivity contribution >= 4 is 45.1 Å². The first-order valence-corrected chi connectivity index (χ1v) is 6.62. The molecule has 7 heteroatoms.